The Morgan fingerprint density at radius 3 is 1.95 bits per heavy atom. The summed E-state index contributed by atoms with van der Waals surface area (Å²) in [5.74, 6) is -3.04. The number of thiocarbonyl (C=S) groups is 1. The molecule has 220 valence electrons. The summed E-state index contributed by atoms with van der Waals surface area (Å²) in [5.41, 5.74) is -6.91. The number of rotatable bonds is 4. The van der Waals surface area contributed by atoms with Crippen LogP contribution in [0.1, 0.15) is 46.5 Å². The van der Waals surface area contributed by atoms with Crippen molar-refractivity contribution in [2.45, 2.75) is 31.7 Å². The van der Waals surface area contributed by atoms with E-state index in [1.807, 2.05) is 0 Å². The summed E-state index contributed by atoms with van der Waals surface area (Å²) < 4.78 is 95.5. The average Bonchev–Trinajstić information content (AvgIpc) is 3.10. The smallest absolute Gasteiger partial charge is 0.322 e. The summed E-state index contributed by atoms with van der Waals surface area (Å²) in [6.45, 7) is 2.77. The molecule has 0 atom stereocenters. The number of halogens is 7. The van der Waals surface area contributed by atoms with Crippen molar-refractivity contribution in [2.24, 2.45) is 0 Å². The van der Waals surface area contributed by atoms with Crippen LogP contribution in [-0.4, -0.2) is 22.5 Å². The summed E-state index contributed by atoms with van der Waals surface area (Å²) in [4.78, 5) is 28.3. The first-order valence-electron chi connectivity index (χ1n) is 11.9. The van der Waals surface area contributed by atoms with Gasteiger partial charge in [0.1, 0.15) is 11.4 Å². The van der Waals surface area contributed by atoms with Crippen molar-refractivity contribution in [1.29, 1.82) is 10.5 Å². The maximum absolute atomic E-state index is 14.8. The zero-order valence-electron chi connectivity index (χ0n) is 21.9. The Labute approximate surface area is 244 Å². The third kappa shape index (κ3) is 5.59. The van der Waals surface area contributed by atoms with Gasteiger partial charge in [0, 0.05) is 11.4 Å². The van der Waals surface area contributed by atoms with E-state index in [4.69, 9.17) is 22.7 Å². The van der Waals surface area contributed by atoms with Gasteiger partial charge in [-0.05, 0) is 80.7 Å². The summed E-state index contributed by atoms with van der Waals surface area (Å²) in [5, 5.41) is 19.9. The minimum Gasteiger partial charge on any atom is -0.322 e. The lowest BCUT2D eigenvalue weighted by atomic mass is 10.0. The van der Waals surface area contributed by atoms with Crippen molar-refractivity contribution in [2.75, 3.05) is 15.1 Å². The largest absolute Gasteiger partial charge is 0.417 e. The highest BCUT2D eigenvalue weighted by Crippen LogP contribution is 2.40. The molecule has 0 radical (unpaired) electrons. The topological polar surface area (TPSA) is 100 Å². The first-order valence-corrected chi connectivity index (χ1v) is 12.3. The van der Waals surface area contributed by atoms with Gasteiger partial charge in [-0.15, -0.1) is 0 Å². The number of hydrogen-bond acceptors (Lipinski definition) is 5. The van der Waals surface area contributed by atoms with E-state index in [0.29, 0.717) is 12.1 Å². The van der Waals surface area contributed by atoms with Gasteiger partial charge in [0.05, 0.1) is 45.6 Å². The van der Waals surface area contributed by atoms with Crippen LogP contribution in [-0.2, 0) is 17.1 Å². The molecular weight excluding hydrogens is 603 g/mol. The van der Waals surface area contributed by atoms with Gasteiger partial charge in [-0.25, -0.2) is 4.39 Å². The van der Waals surface area contributed by atoms with Gasteiger partial charge in [-0.2, -0.15) is 36.9 Å². The van der Waals surface area contributed by atoms with Crippen LogP contribution in [0.15, 0.2) is 54.6 Å². The van der Waals surface area contributed by atoms with E-state index in [1.54, 1.807) is 0 Å². The van der Waals surface area contributed by atoms with Gasteiger partial charge in [0.15, 0.2) is 5.11 Å². The maximum atomic E-state index is 14.8. The van der Waals surface area contributed by atoms with Crippen molar-refractivity contribution in [3.63, 3.8) is 0 Å². The standard InChI is InChI=1S/C28H16F7N5O2S/c1-26(2)24(42)39(17-6-4-15(13-37)21(11-17)28(33,34)35)25(43)40(26)18-7-8-22(29)19(10-18)23(41)38-16-5-3-14(12-36)20(9-16)27(30,31)32/h3-11H,1-2H3,(H,38,41). The first-order chi connectivity index (χ1) is 19.9. The van der Waals surface area contributed by atoms with Gasteiger partial charge < -0.3 is 10.2 Å². The minimum absolute atomic E-state index is 0.0297. The lowest BCUT2D eigenvalue weighted by molar-refractivity contribution is -0.138. The highest BCUT2D eigenvalue weighted by atomic mass is 32.1. The summed E-state index contributed by atoms with van der Waals surface area (Å²) in [6, 6.07) is 10.8. The average molecular weight is 620 g/mol. The molecule has 1 heterocycles. The van der Waals surface area contributed by atoms with Crippen LogP contribution < -0.4 is 15.1 Å². The molecule has 7 nitrogen and oxygen atoms in total. The fraction of sp³-hybridized carbons (Fsp3) is 0.179. The maximum Gasteiger partial charge on any atom is 0.417 e. The summed E-state index contributed by atoms with van der Waals surface area (Å²) >= 11 is 5.43. The molecule has 0 spiro atoms. The minimum atomic E-state index is -4.92. The van der Waals surface area contributed by atoms with Crippen LogP contribution in [0.25, 0.3) is 0 Å². The number of anilines is 3. The Bertz CT molecular complexity index is 1770. The Hall–Kier alpha value is -5.02. The first kappa shape index (κ1) is 30.9. The molecule has 3 aromatic carbocycles. The lowest BCUT2D eigenvalue weighted by Crippen LogP contribution is -2.44. The number of nitrogens with one attached hydrogen (secondary N) is 1. The van der Waals surface area contributed by atoms with Crippen molar-refractivity contribution >= 4 is 46.2 Å². The van der Waals surface area contributed by atoms with E-state index in [0.717, 1.165) is 47.4 Å². The molecule has 1 aliphatic rings. The Morgan fingerprint density at radius 2 is 1.40 bits per heavy atom. The molecule has 0 unspecified atom stereocenters. The molecule has 1 fully saturated rings. The third-order valence-electron chi connectivity index (χ3n) is 6.51. The van der Waals surface area contributed by atoms with Crippen molar-refractivity contribution in [1.82, 2.24) is 0 Å². The Balaban J connectivity index is 1.72. The van der Waals surface area contributed by atoms with E-state index < -0.39 is 63.3 Å². The number of nitriles is 2. The number of hydrogen-bond donors (Lipinski definition) is 1. The monoisotopic (exact) mass is 619 g/mol. The molecular formula is C28H16F7N5O2S. The van der Waals surface area contributed by atoms with E-state index in [2.05, 4.69) is 5.32 Å². The molecule has 1 N–H and O–H groups in total. The third-order valence-corrected chi connectivity index (χ3v) is 6.88. The molecule has 0 aliphatic carbocycles. The van der Waals surface area contributed by atoms with E-state index in [-0.39, 0.29) is 22.2 Å². The SMILES string of the molecule is CC1(C)C(=O)N(c2ccc(C#N)c(C(F)(F)F)c2)C(=S)N1c1ccc(F)c(C(=O)Nc2ccc(C#N)c(C(F)(F)F)c2)c1. The fourth-order valence-corrected chi connectivity index (χ4v) is 4.96. The molecule has 2 amide bonds. The second kappa shape index (κ2) is 10.7. The fourth-order valence-electron chi connectivity index (χ4n) is 4.44. The second-order valence-electron chi connectivity index (χ2n) is 9.65. The van der Waals surface area contributed by atoms with E-state index in [1.165, 1.54) is 30.9 Å². The normalized spacial score (nSPS) is 14.9. The van der Waals surface area contributed by atoms with Gasteiger partial charge in [-0.1, -0.05) is 0 Å². The molecule has 0 aromatic heterocycles. The molecule has 0 saturated carbocycles. The van der Waals surface area contributed by atoms with Gasteiger partial charge in [0.2, 0.25) is 0 Å². The quantitative estimate of drug-likeness (QED) is 0.256. The molecule has 1 aliphatic heterocycles. The van der Waals surface area contributed by atoms with Crippen LogP contribution in [0.2, 0.25) is 0 Å². The number of amides is 2. The van der Waals surface area contributed by atoms with Crippen LogP contribution in [0, 0.1) is 28.5 Å². The predicted octanol–water partition coefficient (Wildman–Crippen LogP) is 6.78. The van der Waals surface area contributed by atoms with E-state index in [9.17, 15) is 40.3 Å². The molecule has 0 bridgehead atoms. The number of carbonyl (C=O) groups is 2. The van der Waals surface area contributed by atoms with Crippen molar-refractivity contribution in [3.8, 4) is 12.1 Å². The highest BCUT2D eigenvalue weighted by Gasteiger charge is 2.51. The number of alkyl halides is 6. The second-order valence-corrected chi connectivity index (χ2v) is 10.0. The zero-order valence-corrected chi connectivity index (χ0v) is 22.7. The van der Waals surface area contributed by atoms with Crippen LogP contribution in [0.4, 0.5) is 47.8 Å². The van der Waals surface area contributed by atoms with E-state index >= 15 is 0 Å². The van der Waals surface area contributed by atoms with Crippen molar-refractivity contribution in [3.05, 3.63) is 88.2 Å². The number of benzene rings is 3. The molecule has 1 saturated heterocycles. The molecule has 15 heteroatoms. The van der Waals surface area contributed by atoms with Crippen LogP contribution in [0.5, 0.6) is 0 Å². The molecule has 4 rings (SSSR count). The van der Waals surface area contributed by atoms with Crippen LogP contribution in [0.3, 0.4) is 0 Å². The molecule has 43 heavy (non-hydrogen) atoms. The lowest BCUT2D eigenvalue weighted by Gasteiger charge is -2.29. The van der Waals surface area contributed by atoms with Crippen LogP contribution >= 0.6 is 12.2 Å². The predicted molar refractivity (Wildman–Crippen MR) is 143 cm³/mol. The highest BCUT2D eigenvalue weighted by molar-refractivity contribution is 7.81. The number of carbonyl (C=O) groups excluding carboxylic acids is 2. The Kier molecular flexibility index (Phi) is 7.67. The molecule has 3 aromatic rings. The number of nitrogens with zero attached hydrogens (tertiary/aromatic N) is 4. The van der Waals surface area contributed by atoms with Gasteiger partial charge in [0.25, 0.3) is 11.8 Å². The van der Waals surface area contributed by atoms with Crippen molar-refractivity contribution < 1.29 is 40.3 Å². The summed E-state index contributed by atoms with van der Waals surface area (Å²) in [7, 11) is 0. The Morgan fingerprint density at radius 1 is 0.860 bits per heavy atom. The summed E-state index contributed by atoms with van der Waals surface area (Å²) in [6.07, 6.45) is -9.84. The zero-order chi connectivity index (χ0) is 32.1. The van der Waals surface area contributed by atoms with Gasteiger partial charge in [-0.3, -0.25) is 14.5 Å². The van der Waals surface area contributed by atoms with Gasteiger partial charge >= 0.3 is 12.4 Å².